The molecule has 12 heavy (non-hydrogen) atoms. The van der Waals surface area contributed by atoms with Crippen molar-refractivity contribution in [2.75, 3.05) is 18.5 Å². The quantitative estimate of drug-likeness (QED) is 0.661. The average Bonchev–Trinajstić information content (AvgIpc) is 2.62. The van der Waals surface area contributed by atoms with E-state index >= 15 is 0 Å². The first kappa shape index (κ1) is 6.92. The van der Waals surface area contributed by atoms with Gasteiger partial charge in [0, 0.05) is 29.6 Å². The lowest BCUT2D eigenvalue weighted by molar-refractivity contribution is 0.0769. The molecular formula is C9H11NOS. The van der Waals surface area contributed by atoms with E-state index in [1.165, 1.54) is 11.3 Å². The van der Waals surface area contributed by atoms with Gasteiger partial charge in [0.15, 0.2) is 0 Å². The number of anilines is 1. The second kappa shape index (κ2) is 2.47. The van der Waals surface area contributed by atoms with Gasteiger partial charge in [-0.15, -0.1) is 11.3 Å². The molecule has 3 heteroatoms. The van der Waals surface area contributed by atoms with Gasteiger partial charge in [-0.2, -0.15) is 0 Å². The minimum atomic E-state index is 0.625. The number of ether oxygens (including phenoxy) is 1. The molecule has 0 saturated carbocycles. The van der Waals surface area contributed by atoms with Crippen molar-refractivity contribution >= 4 is 17.0 Å². The zero-order chi connectivity index (χ0) is 7.97. The smallest absolute Gasteiger partial charge is 0.0555 e. The first-order valence-electron chi connectivity index (χ1n) is 4.35. The molecule has 1 aromatic heterocycles. The van der Waals surface area contributed by atoms with Gasteiger partial charge in [-0.3, -0.25) is 0 Å². The van der Waals surface area contributed by atoms with Crippen molar-refractivity contribution in [3.63, 3.8) is 0 Å². The van der Waals surface area contributed by atoms with E-state index in [0.717, 1.165) is 19.6 Å². The molecule has 0 radical (unpaired) electrons. The molecule has 0 aromatic carbocycles. The summed E-state index contributed by atoms with van der Waals surface area (Å²) < 4.78 is 5.47. The predicted molar refractivity (Wildman–Crippen MR) is 49.9 cm³/mol. The fourth-order valence-electron chi connectivity index (χ4n) is 2.13. The van der Waals surface area contributed by atoms with Crippen LogP contribution in [0.5, 0.6) is 0 Å². The second-order valence-corrected chi connectivity index (χ2v) is 4.21. The number of fused-ring (bicyclic) bond motifs is 3. The third-order valence-corrected chi connectivity index (χ3v) is 3.55. The van der Waals surface area contributed by atoms with E-state index in [9.17, 15) is 0 Å². The van der Waals surface area contributed by atoms with Crippen LogP contribution in [0.2, 0.25) is 0 Å². The van der Waals surface area contributed by atoms with Crippen LogP contribution in [0.3, 0.4) is 0 Å². The van der Waals surface area contributed by atoms with Gasteiger partial charge in [0.05, 0.1) is 6.61 Å². The molecular weight excluding hydrogens is 170 g/mol. The molecule has 0 bridgehead atoms. The molecule has 1 aromatic rings. The molecule has 3 heterocycles. The Morgan fingerprint density at radius 1 is 1.50 bits per heavy atom. The van der Waals surface area contributed by atoms with E-state index in [1.54, 1.807) is 11.3 Å². The molecule has 0 aliphatic carbocycles. The maximum Gasteiger partial charge on any atom is 0.0555 e. The van der Waals surface area contributed by atoms with Crippen LogP contribution in [0, 0.1) is 0 Å². The van der Waals surface area contributed by atoms with Crippen LogP contribution in [0.25, 0.3) is 0 Å². The summed E-state index contributed by atoms with van der Waals surface area (Å²) in [6.07, 6.45) is 1.16. The Labute approximate surface area is 75.5 Å². The maximum absolute atomic E-state index is 5.47. The lowest BCUT2D eigenvalue weighted by Crippen LogP contribution is -2.30. The summed E-state index contributed by atoms with van der Waals surface area (Å²) in [6, 6.07) is 0.650. The molecule has 0 amide bonds. The predicted octanol–water partition coefficient (Wildman–Crippen LogP) is 2.05. The van der Waals surface area contributed by atoms with Crippen molar-refractivity contribution in [1.82, 2.24) is 0 Å². The standard InChI is InChI=1S/C9H11NOS/c1-2-11-3-6-7-4-12-5-9(7)10-8(1)6/h4-6,8,10H,1-3H2. The number of nitrogens with one attached hydrogen (secondary N) is 1. The summed E-state index contributed by atoms with van der Waals surface area (Å²) >= 11 is 1.78. The minimum absolute atomic E-state index is 0.625. The average molecular weight is 181 g/mol. The summed E-state index contributed by atoms with van der Waals surface area (Å²) in [6.45, 7) is 1.82. The summed E-state index contributed by atoms with van der Waals surface area (Å²) in [4.78, 5) is 0. The lowest BCUT2D eigenvalue weighted by Gasteiger charge is -2.25. The maximum atomic E-state index is 5.47. The molecule has 2 aliphatic heterocycles. The highest BCUT2D eigenvalue weighted by Gasteiger charge is 2.34. The number of rotatable bonds is 0. The molecule has 2 aliphatic rings. The summed E-state index contributed by atoms with van der Waals surface area (Å²) in [7, 11) is 0. The third kappa shape index (κ3) is 0.836. The second-order valence-electron chi connectivity index (χ2n) is 3.46. The fraction of sp³-hybridized carbons (Fsp3) is 0.556. The first-order valence-corrected chi connectivity index (χ1v) is 5.30. The topological polar surface area (TPSA) is 21.3 Å². The highest BCUT2D eigenvalue weighted by Crippen LogP contribution is 2.41. The molecule has 2 nitrogen and oxygen atoms in total. The van der Waals surface area contributed by atoms with E-state index in [-0.39, 0.29) is 0 Å². The number of hydrogen-bond donors (Lipinski definition) is 1. The Bertz CT molecular complexity index is 296. The Morgan fingerprint density at radius 3 is 3.50 bits per heavy atom. The normalized spacial score (nSPS) is 32.3. The molecule has 1 N–H and O–H groups in total. The fourth-order valence-corrected chi connectivity index (χ4v) is 2.98. The van der Waals surface area contributed by atoms with Crippen LogP contribution in [-0.2, 0) is 4.74 Å². The Balaban J connectivity index is 1.98. The van der Waals surface area contributed by atoms with Crippen LogP contribution >= 0.6 is 11.3 Å². The van der Waals surface area contributed by atoms with Gasteiger partial charge in [0.25, 0.3) is 0 Å². The van der Waals surface area contributed by atoms with Gasteiger partial charge in [0.1, 0.15) is 0 Å². The third-order valence-electron chi connectivity index (χ3n) is 2.79. The van der Waals surface area contributed by atoms with Crippen LogP contribution in [0.4, 0.5) is 5.69 Å². The van der Waals surface area contributed by atoms with Crippen LogP contribution in [0.1, 0.15) is 17.9 Å². The molecule has 0 spiro atoms. The highest BCUT2D eigenvalue weighted by atomic mass is 32.1. The van der Waals surface area contributed by atoms with Gasteiger partial charge in [0.2, 0.25) is 0 Å². The van der Waals surface area contributed by atoms with E-state index in [4.69, 9.17) is 4.74 Å². The number of thiophene rings is 1. The summed E-state index contributed by atoms with van der Waals surface area (Å²) in [5.41, 5.74) is 2.82. The van der Waals surface area contributed by atoms with Gasteiger partial charge in [-0.25, -0.2) is 0 Å². The summed E-state index contributed by atoms with van der Waals surface area (Å²) in [5.74, 6) is 0.625. The van der Waals surface area contributed by atoms with E-state index in [1.807, 2.05) is 0 Å². The Morgan fingerprint density at radius 2 is 2.50 bits per heavy atom. The SMILES string of the molecule is c1scc2c1NC1CCOCC21. The van der Waals surface area contributed by atoms with Crippen molar-refractivity contribution in [3.05, 3.63) is 16.3 Å². The highest BCUT2D eigenvalue weighted by molar-refractivity contribution is 7.08. The molecule has 1 fully saturated rings. The Kier molecular flexibility index (Phi) is 1.43. The van der Waals surface area contributed by atoms with Crippen molar-refractivity contribution < 1.29 is 4.74 Å². The van der Waals surface area contributed by atoms with Crippen LogP contribution in [0.15, 0.2) is 10.8 Å². The summed E-state index contributed by atoms with van der Waals surface area (Å²) in [5, 5.41) is 8.00. The van der Waals surface area contributed by atoms with Crippen molar-refractivity contribution in [3.8, 4) is 0 Å². The van der Waals surface area contributed by atoms with E-state index in [0.29, 0.717) is 12.0 Å². The van der Waals surface area contributed by atoms with Crippen molar-refractivity contribution in [2.45, 2.75) is 18.4 Å². The van der Waals surface area contributed by atoms with Crippen molar-refractivity contribution in [2.24, 2.45) is 0 Å². The molecule has 2 atom stereocenters. The lowest BCUT2D eigenvalue weighted by atomic mass is 9.94. The van der Waals surface area contributed by atoms with Crippen molar-refractivity contribution in [1.29, 1.82) is 0 Å². The van der Waals surface area contributed by atoms with Gasteiger partial charge in [-0.1, -0.05) is 0 Å². The first-order chi connectivity index (χ1) is 5.95. The van der Waals surface area contributed by atoms with E-state index in [2.05, 4.69) is 16.1 Å². The molecule has 2 unspecified atom stereocenters. The molecule has 3 rings (SSSR count). The molecule has 1 saturated heterocycles. The van der Waals surface area contributed by atoms with Gasteiger partial charge in [-0.05, 0) is 17.4 Å². The largest absolute Gasteiger partial charge is 0.381 e. The number of hydrogen-bond acceptors (Lipinski definition) is 3. The van der Waals surface area contributed by atoms with Gasteiger partial charge < -0.3 is 10.1 Å². The monoisotopic (exact) mass is 181 g/mol. The molecule has 64 valence electrons. The minimum Gasteiger partial charge on any atom is -0.381 e. The van der Waals surface area contributed by atoms with Crippen LogP contribution in [-0.4, -0.2) is 19.3 Å². The van der Waals surface area contributed by atoms with Crippen LogP contribution < -0.4 is 5.32 Å². The zero-order valence-corrected chi connectivity index (χ0v) is 7.56. The van der Waals surface area contributed by atoms with Gasteiger partial charge >= 0.3 is 0 Å². The zero-order valence-electron chi connectivity index (χ0n) is 6.75. The Hall–Kier alpha value is -0.540. The van der Waals surface area contributed by atoms with E-state index < -0.39 is 0 Å².